The first-order chi connectivity index (χ1) is 11.1. The van der Waals surface area contributed by atoms with E-state index in [-0.39, 0.29) is 18.6 Å². The molecule has 0 spiro atoms. The third kappa shape index (κ3) is 5.61. The largest absolute Gasteiger partial charge is 0.395 e. The van der Waals surface area contributed by atoms with Crippen molar-refractivity contribution >= 4 is 5.91 Å². The second-order valence-corrected chi connectivity index (χ2v) is 6.23. The van der Waals surface area contributed by atoms with Crippen LogP contribution in [-0.2, 0) is 11.2 Å². The summed E-state index contributed by atoms with van der Waals surface area (Å²) in [6.45, 7) is 9.15. The maximum atomic E-state index is 12.2. The smallest absolute Gasteiger partial charge is 0.234 e. The molecule has 128 valence electrons. The van der Waals surface area contributed by atoms with Crippen molar-refractivity contribution < 1.29 is 9.90 Å². The van der Waals surface area contributed by atoms with Crippen LogP contribution < -0.4 is 5.32 Å². The summed E-state index contributed by atoms with van der Waals surface area (Å²) in [7, 11) is 0. The highest BCUT2D eigenvalue weighted by Crippen LogP contribution is 2.13. The highest BCUT2D eigenvalue weighted by atomic mass is 16.3. The van der Waals surface area contributed by atoms with Gasteiger partial charge >= 0.3 is 0 Å². The first-order valence-corrected chi connectivity index (χ1v) is 8.56. The van der Waals surface area contributed by atoms with Crippen LogP contribution in [0.15, 0.2) is 24.3 Å². The van der Waals surface area contributed by atoms with Crippen LogP contribution in [0.3, 0.4) is 0 Å². The van der Waals surface area contributed by atoms with Crippen LogP contribution in [0.5, 0.6) is 0 Å². The van der Waals surface area contributed by atoms with E-state index in [1.165, 1.54) is 5.56 Å². The molecule has 2 N–H and O–H groups in total. The minimum atomic E-state index is 0.0316. The molecule has 0 aromatic heterocycles. The van der Waals surface area contributed by atoms with E-state index in [1.807, 2.05) is 6.92 Å². The molecule has 2 rings (SSSR count). The second-order valence-electron chi connectivity index (χ2n) is 6.23. The number of hydrogen-bond donors (Lipinski definition) is 2. The summed E-state index contributed by atoms with van der Waals surface area (Å²) >= 11 is 0. The van der Waals surface area contributed by atoms with E-state index in [0.717, 1.165) is 44.7 Å². The van der Waals surface area contributed by atoms with Crippen LogP contribution in [0.2, 0.25) is 0 Å². The zero-order valence-electron chi connectivity index (χ0n) is 14.3. The van der Waals surface area contributed by atoms with Crippen molar-refractivity contribution in [2.45, 2.75) is 26.3 Å². The topological polar surface area (TPSA) is 55.8 Å². The summed E-state index contributed by atoms with van der Waals surface area (Å²) in [6.07, 6.45) is 1.03. The van der Waals surface area contributed by atoms with E-state index in [1.54, 1.807) is 0 Å². The Labute approximate surface area is 139 Å². The number of benzene rings is 1. The number of aliphatic hydroxyl groups excluding tert-OH is 1. The lowest BCUT2D eigenvalue weighted by atomic mass is 10.1. The normalized spacial score (nSPS) is 17.9. The molecule has 1 aliphatic rings. The molecular formula is C18H29N3O2. The Bertz CT molecular complexity index is 482. The molecule has 1 aromatic rings. The van der Waals surface area contributed by atoms with E-state index in [9.17, 15) is 4.79 Å². The van der Waals surface area contributed by atoms with Gasteiger partial charge in [0.1, 0.15) is 0 Å². The van der Waals surface area contributed by atoms with Crippen molar-refractivity contribution in [2.75, 3.05) is 45.9 Å². The van der Waals surface area contributed by atoms with Gasteiger partial charge in [-0.25, -0.2) is 0 Å². The van der Waals surface area contributed by atoms with Crippen molar-refractivity contribution in [3.63, 3.8) is 0 Å². The highest BCUT2D eigenvalue weighted by Gasteiger charge is 2.19. The van der Waals surface area contributed by atoms with Crippen molar-refractivity contribution in [1.82, 2.24) is 15.1 Å². The molecule has 0 bridgehead atoms. The van der Waals surface area contributed by atoms with E-state index >= 15 is 0 Å². The van der Waals surface area contributed by atoms with Gasteiger partial charge in [0.2, 0.25) is 5.91 Å². The Morgan fingerprint density at radius 2 is 1.78 bits per heavy atom. The third-order valence-electron chi connectivity index (χ3n) is 4.51. The van der Waals surface area contributed by atoms with Crippen LogP contribution >= 0.6 is 0 Å². The van der Waals surface area contributed by atoms with Gasteiger partial charge in [0.15, 0.2) is 0 Å². The molecule has 1 aliphatic heterocycles. The van der Waals surface area contributed by atoms with Gasteiger partial charge in [-0.05, 0) is 24.5 Å². The fourth-order valence-corrected chi connectivity index (χ4v) is 2.93. The Hall–Kier alpha value is -1.43. The molecule has 0 radical (unpaired) electrons. The summed E-state index contributed by atoms with van der Waals surface area (Å²) in [5.41, 5.74) is 2.45. The summed E-state index contributed by atoms with van der Waals surface area (Å²) in [4.78, 5) is 16.6. The number of rotatable bonds is 7. The molecule has 23 heavy (non-hydrogen) atoms. The van der Waals surface area contributed by atoms with Gasteiger partial charge in [-0.1, -0.05) is 31.2 Å². The van der Waals surface area contributed by atoms with Crippen LogP contribution in [0, 0.1) is 0 Å². The monoisotopic (exact) mass is 319 g/mol. The number of aryl methyl sites for hydroxylation is 1. The number of nitrogens with one attached hydrogen (secondary N) is 1. The molecule has 5 nitrogen and oxygen atoms in total. The molecule has 1 aromatic carbocycles. The SMILES string of the molecule is CCc1ccc([C@H](C)NC(=O)CN2CCN(CCO)CC2)cc1. The molecule has 5 heteroatoms. The lowest BCUT2D eigenvalue weighted by Gasteiger charge is -2.34. The Kier molecular flexibility index (Phi) is 7.02. The van der Waals surface area contributed by atoms with Crippen molar-refractivity contribution in [1.29, 1.82) is 0 Å². The molecule has 0 saturated carbocycles. The van der Waals surface area contributed by atoms with Gasteiger partial charge in [-0.2, -0.15) is 0 Å². The van der Waals surface area contributed by atoms with Gasteiger partial charge in [-0.3, -0.25) is 14.6 Å². The summed E-state index contributed by atoms with van der Waals surface area (Å²) in [6, 6.07) is 8.47. The minimum absolute atomic E-state index is 0.0316. The van der Waals surface area contributed by atoms with Crippen molar-refractivity contribution in [3.8, 4) is 0 Å². The van der Waals surface area contributed by atoms with Crippen molar-refractivity contribution in [2.24, 2.45) is 0 Å². The zero-order chi connectivity index (χ0) is 16.7. The second kappa shape index (κ2) is 9.01. The average molecular weight is 319 g/mol. The predicted octanol–water partition coefficient (Wildman–Crippen LogP) is 1.04. The van der Waals surface area contributed by atoms with E-state index < -0.39 is 0 Å². The van der Waals surface area contributed by atoms with Gasteiger partial charge in [0.25, 0.3) is 0 Å². The molecular weight excluding hydrogens is 290 g/mol. The number of piperazine rings is 1. The molecule has 0 aliphatic carbocycles. The molecule has 1 fully saturated rings. The standard InChI is InChI=1S/C18H29N3O2/c1-3-16-4-6-17(7-5-16)15(2)19-18(23)14-21-10-8-20(9-11-21)12-13-22/h4-7,15,22H,3,8-14H2,1-2H3,(H,19,23)/t15-/m0/s1. The Balaban J connectivity index is 1.75. The number of hydrogen-bond acceptors (Lipinski definition) is 4. The van der Waals surface area contributed by atoms with Gasteiger partial charge in [-0.15, -0.1) is 0 Å². The van der Waals surface area contributed by atoms with Gasteiger partial charge < -0.3 is 10.4 Å². The lowest BCUT2D eigenvalue weighted by molar-refractivity contribution is -0.123. The maximum Gasteiger partial charge on any atom is 0.234 e. The first kappa shape index (κ1) is 17.9. The number of β-amino-alcohol motifs (C(OH)–C–C–N with tert-alkyl or cyclic N) is 1. The van der Waals surface area contributed by atoms with Crippen LogP contribution in [-0.4, -0.2) is 66.7 Å². The van der Waals surface area contributed by atoms with Crippen LogP contribution in [0.1, 0.15) is 31.0 Å². The number of nitrogens with zero attached hydrogens (tertiary/aromatic N) is 2. The average Bonchev–Trinajstić information content (AvgIpc) is 2.57. The van der Waals surface area contributed by atoms with Gasteiger partial charge in [0, 0.05) is 32.7 Å². The van der Waals surface area contributed by atoms with Crippen molar-refractivity contribution in [3.05, 3.63) is 35.4 Å². The summed E-state index contributed by atoms with van der Waals surface area (Å²) in [5, 5.41) is 12.0. The van der Waals surface area contributed by atoms with Crippen LogP contribution in [0.4, 0.5) is 0 Å². The number of carbonyl (C=O) groups excluding carboxylic acids is 1. The summed E-state index contributed by atoms with van der Waals surface area (Å²) < 4.78 is 0. The Morgan fingerprint density at radius 1 is 1.17 bits per heavy atom. The minimum Gasteiger partial charge on any atom is -0.395 e. The zero-order valence-corrected chi connectivity index (χ0v) is 14.3. The third-order valence-corrected chi connectivity index (χ3v) is 4.51. The lowest BCUT2D eigenvalue weighted by Crippen LogP contribution is -2.50. The number of aliphatic hydroxyl groups is 1. The fourth-order valence-electron chi connectivity index (χ4n) is 2.93. The molecule has 0 unspecified atom stereocenters. The highest BCUT2D eigenvalue weighted by molar-refractivity contribution is 5.78. The van der Waals surface area contributed by atoms with E-state index in [2.05, 4.69) is 46.3 Å². The van der Waals surface area contributed by atoms with E-state index in [0.29, 0.717) is 6.54 Å². The van der Waals surface area contributed by atoms with E-state index in [4.69, 9.17) is 5.11 Å². The molecule has 1 atom stereocenters. The maximum absolute atomic E-state index is 12.2. The first-order valence-electron chi connectivity index (χ1n) is 8.56. The van der Waals surface area contributed by atoms with Crippen LogP contribution in [0.25, 0.3) is 0 Å². The predicted molar refractivity (Wildman–Crippen MR) is 92.3 cm³/mol. The summed E-state index contributed by atoms with van der Waals surface area (Å²) in [5.74, 6) is 0.0766. The fraction of sp³-hybridized carbons (Fsp3) is 0.611. The quantitative estimate of drug-likeness (QED) is 0.788. The Morgan fingerprint density at radius 3 is 2.35 bits per heavy atom. The van der Waals surface area contributed by atoms with Gasteiger partial charge in [0.05, 0.1) is 19.2 Å². The molecule has 1 saturated heterocycles. The number of amides is 1. The number of carbonyl (C=O) groups is 1. The molecule has 1 heterocycles. The molecule has 1 amide bonds.